The Morgan fingerprint density at radius 2 is 1.82 bits per heavy atom. The fourth-order valence-electron chi connectivity index (χ4n) is 2.34. The molecule has 3 aromatic rings. The zero-order chi connectivity index (χ0) is 20.3. The van der Waals surface area contributed by atoms with Gasteiger partial charge in [0.1, 0.15) is 0 Å². The van der Waals surface area contributed by atoms with E-state index in [0.29, 0.717) is 16.4 Å². The Morgan fingerprint density at radius 1 is 1.11 bits per heavy atom. The molecule has 0 unspecified atom stereocenters. The van der Waals surface area contributed by atoms with Gasteiger partial charge in [-0.2, -0.15) is 18.2 Å². The number of anilines is 1. The van der Waals surface area contributed by atoms with Gasteiger partial charge in [0.15, 0.2) is 0 Å². The number of amides is 1. The van der Waals surface area contributed by atoms with E-state index in [1.165, 1.54) is 6.07 Å². The van der Waals surface area contributed by atoms with Gasteiger partial charge in [0.25, 0.3) is 0 Å². The molecule has 0 aliphatic rings. The quantitative estimate of drug-likeness (QED) is 0.570. The third-order valence-electron chi connectivity index (χ3n) is 3.69. The average Bonchev–Trinajstić information content (AvgIpc) is 3.10. The van der Waals surface area contributed by atoms with E-state index < -0.39 is 22.7 Å². The summed E-state index contributed by atoms with van der Waals surface area (Å²) in [7, 11) is 0. The van der Waals surface area contributed by atoms with Crippen LogP contribution in [0.1, 0.15) is 17.9 Å². The highest BCUT2D eigenvalue weighted by atomic mass is 35.5. The highest BCUT2D eigenvalue weighted by Gasteiger charge is 2.33. The molecular formula is C18H12Cl2F3N3O2. The summed E-state index contributed by atoms with van der Waals surface area (Å²) in [6.45, 7) is 0. The number of hydrogen-bond donors (Lipinski definition) is 1. The first-order valence-corrected chi connectivity index (χ1v) is 8.73. The van der Waals surface area contributed by atoms with Gasteiger partial charge in [-0.25, -0.2) is 0 Å². The predicted molar refractivity (Wildman–Crippen MR) is 98.1 cm³/mol. The lowest BCUT2D eigenvalue weighted by atomic mass is 10.2. The molecule has 0 saturated heterocycles. The normalized spacial score (nSPS) is 11.5. The molecule has 1 N–H and O–H groups in total. The lowest BCUT2D eigenvalue weighted by molar-refractivity contribution is -0.137. The van der Waals surface area contributed by atoms with Crippen LogP contribution in [0.5, 0.6) is 0 Å². The first kappa shape index (κ1) is 20.2. The van der Waals surface area contributed by atoms with Crippen LogP contribution in [0.2, 0.25) is 10.0 Å². The second-order valence-corrected chi connectivity index (χ2v) is 6.60. The van der Waals surface area contributed by atoms with E-state index in [1.54, 1.807) is 24.3 Å². The number of nitrogens with one attached hydrogen (secondary N) is 1. The maximum absolute atomic E-state index is 12.9. The van der Waals surface area contributed by atoms with Gasteiger partial charge in [-0.3, -0.25) is 4.79 Å². The Hall–Kier alpha value is -2.58. The molecule has 1 heterocycles. The van der Waals surface area contributed by atoms with Crippen molar-refractivity contribution >= 4 is 34.8 Å². The molecule has 1 amide bonds. The van der Waals surface area contributed by atoms with Crippen molar-refractivity contribution in [3.8, 4) is 11.4 Å². The molecule has 3 rings (SSSR count). The van der Waals surface area contributed by atoms with E-state index in [4.69, 9.17) is 27.7 Å². The highest BCUT2D eigenvalue weighted by molar-refractivity contribution is 6.31. The number of nitrogens with zero attached hydrogens (tertiary/aromatic N) is 2. The molecule has 0 fully saturated rings. The van der Waals surface area contributed by atoms with Crippen LogP contribution in [0.4, 0.5) is 18.9 Å². The van der Waals surface area contributed by atoms with Crippen molar-refractivity contribution in [2.24, 2.45) is 0 Å². The van der Waals surface area contributed by atoms with Crippen molar-refractivity contribution in [2.75, 3.05) is 5.32 Å². The zero-order valence-electron chi connectivity index (χ0n) is 14.1. The van der Waals surface area contributed by atoms with E-state index >= 15 is 0 Å². The molecule has 2 aromatic carbocycles. The van der Waals surface area contributed by atoms with Crippen LogP contribution in [0.15, 0.2) is 47.0 Å². The molecule has 146 valence electrons. The van der Waals surface area contributed by atoms with Gasteiger partial charge in [0.2, 0.25) is 17.6 Å². The smallest absolute Gasteiger partial charge is 0.339 e. The zero-order valence-corrected chi connectivity index (χ0v) is 15.6. The summed E-state index contributed by atoms with van der Waals surface area (Å²) in [5, 5.41) is 6.35. The Balaban J connectivity index is 1.60. The highest BCUT2D eigenvalue weighted by Crippen LogP contribution is 2.36. The van der Waals surface area contributed by atoms with Crippen molar-refractivity contribution in [1.29, 1.82) is 0 Å². The number of benzene rings is 2. The second kappa shape index (κ2) is 8.20. The molecule has 0 saturated carbocycles. The maximum Gasteiger partial charge on any atom is 0.417 e. The summed E-state index contributed by atoms with van der Waals surface area (Å²) in [5.41, 5.74) is -0.324. The van der Waals surface area contributed by atoms with Crippen LogP contribution in [-0.4, -0.2) is 16.0 Å². The molecule has 0 aliphatic heterocycles. The van der Waals surface area contributed by atoms with Crippen LogP contribution in [0, 0.1) is 0 Å². The van der Waals surface area contributed by atoms with Gasteiger partial charge >= 0.3 is 6.18 Å². The fraction of sp³-hybridized carbons (Fsp3) is 0.167. The van der Waals surface area contributed by atoms with Gasteiger partial charge in [-0.15, -0.1) is 0 Å². The van der Waals surface area contributed by atoms with Gasteiger partial charge in [-0.1, -0.05) is 28.4 Å². The molecule has 0 atom stereocenters. The summed E-state index contributed by atoms with van der Waals surface area (Å²) in [6, 6.07) is 9.97. The van der Waals surface area contributed by atoms with E-state index in [0.717, 1.165) is 12.1 Å². The minimum Gasteiger partial charge on any atom is -0.339 e. The first-order chi connectivity index (χ1) is 13.2. The van der Waals surface area contributed by atoms with Crippen molar-refractivity contribution in [3.05, 3.63) is 64.0 Å². The molecule has 0 bridgehead atoms. The minimum absolute atomic E-state index is 0.00546. The van der Waals surface area contributed by atoms with Crippen LogP contribution >= 0.6 is 23.2 Å². The van der Waals surface area contributed by atoms with Gasteiger partial charge in [0, 0.05) is 29.1 Å². The molecule has 0 spiro atoms. The lowest BCUT2D eigenvalue weighted by Gasteiger charge is -2.11. The number of hydrogen-bond acceptors (Lipinski definition) is 4. The predicted octanol–water partition coefficient (Wildman–Crippen LogP) is 5.63. The third-order valence-corrected chi connectivity index (χ3v) is 4.27. The number of aryl methyl sites for hydroxylation is 1. The summed E-state index contributed by atoms with van der Waals surface area (Å²) in [4.78, 5) is 16.2. The van der Waals surface area contributed by atoms with Crippen LogP contribution in [0.25, 0.3) is 11.4 Å². The van der Waals surface area contributed by atoms with Gasteiger partial charge < -0.3 is 9.84 Å². The van der Waals surface area contributed by atoms with Crippen molar-refractivity contribution in [1.82, 2.24) is 10.1 Å². The summed E-state index contributed by atoms with van der Waals surface area (Å²) >= 11 is 11.4. The molecule has 1 aromatic heterocycles. The number of alkyl halides is 3. The van der Waals surface area contributed by atoms with Crippen molar-refractivity contribution in [2.45, 2.75) is 19.0 Å². The molecule has 10 heteroatoms. The standard InChI is InChI=1S/C18H12Cl2F3N3O2/c19-11-3-1-10(2-4-11)17-25-16(28-26-17)8-7-15(27)24-12-5-6-14(20)13(9-12)18(21,22)23/h1-6,9H,7-8H2,(H,24,27). The first-order valence-electron chi connectivity index (χ1n) is 7.97. The van der Waals surface area contributed by atoms with Crippen molar-refractivity contribution < 1.29 is 22.5 Å². The summed E-state index contributed by atoms with van der Waals surface area (Å²) in [5.74, 6) is 0.0773. The number of rotatable bonds is 5. The van der Waals surface area contributed by atoms with E-state index in [1.807, 2.05) is 0 Å². The Morgan fingerprint density at radius 3 is 2.50 bits per heavy atom. The second-order valence-electron chi connectivity index (χ2n) is 5.76. The molecule has 0 radical (unpaired) electrons. The van der Waals surface area contributed by atoms with Crippen molar-refractivity contribution in [3.63, 3.8) is 0 Å². The Kier molecular flexibility index (Phi) is 5.90. The topological polar surface area (TPSA) is 68.0 Å². The molecule has 28 heavy (non-hydrogen) atoms. The van der Waals surface area contributed by atoms with E-state index in [2.05, 4.69) is 15.5 Å². The molecule has 0 aliphatic carbocycles. The van der Waals surface area contributed by atoms with Gasteiger partial charge in [-0.05, 0) is 42.5 Å². The van der Waals surface area contributed by atoms with E-state index in [9.17, 15) is 18.0 Å². The number of carbonyl (C=O) groups is 1. The van der Waals surface area contributed by atoms with Crippen LogP contribution < -0.4 is 5.32 Å². The molecule has 5 nitrogen and oxygen atoms in total. The minimum atomic E-state index is -4.61. The largest absolute Gasteiger partial charge is 0.417 e. The summed E-state index contributed by atoms with van der Waals surface area (Å²) in [6.07, 6.45) is -4.53. The molecular weight excluding hydrogens is 418 g/mol. The monoisotopic (exact) mass is 429 g/mol. The SMILES string of the molecule is O=C(CCc1nc(-c2ccc(Cl)cc2)no1)Nc1ccc(Cl)c(C(F)(F)F)c1. The Bertz CT molecular complexity index is 988. The fourth-order valence-corrected chi connectivity index (χ4v) is 2.69. The van der Waals surface area contributed by atoms with E-state index in [-0.39, 0.29) is 24.4 Å². The number of aromatic nitrogens is 2. The van der Waals surface area contributed by atoms with Gasteiger partial charge in [0.05, 0.1) is 10.6 Å². The Labute approximate surface area is 167 Å². The number of carbonyl (C=O) groups excluding carboxylic acids is 1. The third kappa shape index (κ3) is 5.02. The lowest BCUT2D eigenvalue weighted by Crippen LogP contribution is -2.14. The number of halogens is 5. The average molecular weight is 430 g/mol. The van der Waals surface area contributed by atoms with Crippen LogP contribution in [0.3, 0.4) is 0 Å². The maximum atomic E-state index is 12.9. The summed E-state index contributed by atoms with van der Waals surface area (Å²) < 4.78 is 43.7. The van der Waals surface area contributed by atoms with Crippen LogP contribution in [-0.2, 0) is 17.4 Å².